The third-order valence-corrected chi connectivity index (χ3v) is 6.73. The zero-order valence-electron chi connectivity index (χ0n) is 17.7. The molecule has 0 radical (unpaired) electrons. The summed E-state index contributed by atoms with van der Waals surface area (Å²) < 4.78 is 0. The number of primary amides is 1. The topological polar surface area (TPSA) is 109 Å². The molecule has 0 unspecified atom stereocenters. The van der Waals surface area contributed by atoms with Gasteiger partial charge >= 0.3 is 0 Å². The molecule has 9 heteroatoms. The van der Waals surface area contributed by atoms with Gasteiger partial charge in [-0.15, -0.1) is 11.3 Å². The number of thiophene rings is 1. The van der Waals surface area contributed by atoms with Crippen LogP contribution < -0.4 is 21.3 Å². The highest BCUT2D eigenvalue weighted by molar-refractivity contribution is 7.21. The summed E-state index contributed by atoms with van der Waals surface area (Å²) in [5, 5.41) is 0.810. The van der Waals surface area contributed by atoms with Crippen molar-refractivity contribution < 1.29 is 9.59 Å². The quantitative estimate of drug-likeness (QED) is 0.630. The summed E-state index contributed by atoms with van der Waals surface area (Å²) in [5.74, 6) is -0.427. The van der Waals surface area contributed by atoms with E-state index in [4.69, 9.17) is 11.5 Å². The first-order valence-corrected chi connectivity index (χ1v) is 10.9. The number of nitrogens with two attached hydrogens (primary N) is 2. The molecule has 3 heterocycles. The Hall–Kier alpha value is -3.33. The molecule has 8 nitrogen and oxygen atoms in total. The minimum Gasteiger partial charge on any atom is -0.397 e. The van der Waals surface area contributed by atoms with Crippen LogP contribution in [-0.2, 0) is 11.2 Å². The summed E-state index contributed by atoms with van der Waals surface area (Å²) >= 11 is 1.24. The van der Waals surface area contributed by atoms with Crippen molar-refractivity contribution in [2.24, 2.45) is 5.73 Å². The number of benzene rings is 1. The Bertz CT molecular complexity index is 1120. The number of fused-ring (bicyclic) bond motifs is 1. The number of anilines is 3. The summed E-state index contributed by atoms with van der Waals surface area (Å²) in [6.07, 6.45) is 2.16. The molecular weight excluding hydrogens is 412 g/mol. The number of likely N-dealkylation sites (N-methyl/N-ethyl adjacent to an activating group) is 1. The van der Waals surface area contributed by atoms with E-state index in [1.54, 1.807) is 25.2 Å². The highest BCUT2D eigenvalue weighted by Gasteiger charge is 2.23. The normalized spacial score (nSPS) is 14.1. The first-order valence-electron chi connectivity index (χ1n) is 10.1. The Kier molecular flexibility index (Phi) is 5.69. The van der Waals surface area contributed by atoms with E-state index in [1.165, 1.54) is 11.3 Å². The Balaban J connectivity index is 1.47. The fraction of sp³-hybridized carbons (Fsp3) is 0.318. The van der Waals surface area contributed by atoms with Gasteiger partial charge in [0.15, 0.2) is 0 Å². The standard InChI is InChI=1S/C22H26N6O2S/c1-26(2)17(29)13-14-3-5-15(6-4-14)27-9-11-28(12-10-27)16-7-8-25-22-18(16)19(23)20(31-22)21(24)30/h3-8H,9-13,23H2,1-2H3,(H2,24,30). The lowest BCUT2D eigenvalue weighted by Gasteiger charge is -2.37. The second kappa shape index (κ2) is 8.43. The molecule has 0 atom stereocenters. The molecular formula is C22H26N6O2S. The summed E-state index contributed by atoms with van der Waals surface area (Å²) in [5.41, 5.74) is 15.3. The Morgan fingerprint density at radius 1 is 1.06 bits per heavy atom. The number of rotatable bonds is 5. The summed E-state index contributed by atoms with van der Waals surface area (Å²) in [7, 11) is 3.54. The maximum absolute atomic E-state index is 11.9. The second-order valence-electron chi connectivity index (χ2n) is 7.82. The zero-order chi connectivity index (χ0) is 22.1. The summed E-state index contributed by atoms with van der Waals surface area (Å²) in [4.78, 5) is 35.3. The van der Waals surface area contributed by atoms with Gasteiger partial charge in [-0.3, -0.25) is 9.59 Å². The van der Waals surface area contributed by atoms with Crippen LogP contribution in [0.2, 0.25) is 0 Å². The predicted molar refractivity (Wildman–Crippen MR) is 126 cm³/mol. The fourth-order valence-electron chi connectivity index (χ4n) is 3.84. The first-order chi connectivity index (χ1) is 14.8. The second-order valence-corrected chi connectivity index (χ2v) is 8.82. The summed E-state index contributed by atoms with van der Waals surface area (Å²) in [6.45, 7) is 3.35. The zero-order valence-corrected chi connectivity index (χ0v) is 18.5. The first kappa shape index (κ1) is 20.9. The molecule has 162 valence electrons. The van der Waals surface area contributed by atoms with E-state index in [2.05, 4.69) is 26.9 Å². The molecule has 2 aromatic heterocycles. The Morgan fingerprint density at radius 3 is 2.32 bits per heavy atom. The molecule has 1 saturated heterocycles. The van der Waals surface area contributed by atoms with Gasteiger partial charge in [0, 0.05) is 52.2 Å². The molecule has 1 aliphatic heterocycles. The van der Waals surface area contributed by atoms with E-state index in [9.17, 15) is 9.59 Å². The van der Waals surface area contributed by atoms with Crippen LogP contribution in [0.15, 0.2) is 36.5 Å². The summed E-state index contributed by atoms with van der Waals surface area (Å²) in [6, 6.07) is 10.1. The van der Waals surface area contributed by atoms with Gasteiger partial charge in [-0.05, 0) is 23.8 Å². The minimum atomic E-state index is -0.521. The number of hydrogen-bond acceptors (Lipinski definition) is 7. The lowest BCUT2D eigenvalue weighted by atomic mass is 10.1. The van der Waals surface area contributed by atoms with Gasteiger partial charge in [0.05, 0.1) is 23.2 Å². The van der Waals surface area contributed by atoms with Crippen molar-refractivity contribution in [3.05, 3.63) is 47.0 Å². The number of piperazine rings is 1. The predicted octanol–water partition coefficient (Wildman–Crippen LogP) is 1.93. The van der Waals surface area contributed by atoms with Crippen molar-refractivity contribution in [3.63, 3.8) is 0 Å². The van der Waals surface area contributed by atoms with Crippen LogP contribution in [0.25, 0.3) is 10.2 Å². The van der Waals surface area contributed by atoms with Crippen LogP contribution in [-0.4, -0.2) is 62.0 Å². The number of nitrogen functional groups attached to an aromatic ring is 1. The van der Waals surface area contributed by atoms with Crippen LogP contribution in [0, 0.1) is 0 Å². The third-order valence-electron chi connectivity index (χ3n) is 5.61. The maximum Gasteiger partial charge on any atom is 0.260 e. The van der Waals surface area contributed by atoms with E-state index in [-0.39, 0.29) is 5.91 Å². The van der Waals surface area contributed by atoms with Gasteiger partial charge in [-0.1, -0.05) is 12.1 Å². The molecule has 31 heavy (non-hydrogen) atoms. The van der Waals surface area contributed by atoms with Crippen LogP contribution in [0.3, 0.4) is 0 Å². The van der Waals surface area contributed by atoms with Gasteiger partial charge in [0.1, 0.15) is 9.71 Å². The molecule has 4 N–H and O–H groups in total. The number of pyridine rings is 1. The van der Waals surface area contributed by atoms with Gasteiger partial charge in [0.2, 0.25) is 5.91 Å². The van der Waals surface area contributed by atoms with Crippen molar-refractivity contribution in [3.8, 4) is 0 Å². The molecule has 1 fully saturated rings. The van der Waals surface area contributed by atoms with Crippen LogP contribution >= 0.6 is 11.3 Å². The third kappa shape index (κ3) is 4.13. The van der Waals surface area contributed by atoms with Crippen molar-refractivity contribution in [1.82, 2.24) is 9.88 Å². The van der Waals surface area contributed by atoms with E-state index in [0.717, 1.165) is 53.3 Å². The monoisotopic (exact) mass is 438 g/mol. The average molecular weight is 439 g/mol. The van der Waals surface area contributed by atoms with Crippen molar-refractivity contribution in [2.75, 3.05) is 55.8 Å². The molecule has 1 aromatic carbocycles. The lowest BCUT2D eigenvalue weighted by molar-refractivity contribution is -0.127. The highest BCUT2D eigenvalue weighted by atomic mass is 32.1. The number of amides is 2. The number of aromatic nitrogens is 1. The number of nitrogens with zero attached hydrogens (tertiary/aromatic N) is 4. The van der Waals surface area contributed by atoms with Gasteiger partial charge in [0.25, 0.3) is 5.91 Å². The number of carbonyl (C=O) groups is 2. The van der Waals surface area contributed by atoms with Crippen molar-refractivity contribution in [2.45, 2.75) is 6.42 Å². The molecule has 1 aliphatic rings. The van der Waals surface area contributed by atoms with Gasteiger partial charge in [-0.2, -0.15) is 0 Å². The lowest BCUT2D eigenvalue weighted by Crippen LogP contribution is -2.46. The molecule has 0 spiro atoms. The SMILES string of the molecule is CN(C)C(=O)Cc1ccc(N2CCN(c3ccnc4sc(C(N)=O)c(N)c34)CC2)cc1. The molecule has 2 amide bonds. The van der Waals surface area contributed by atoms with Gasteiger partial charge in [-0.25, -0.2) is 4.98 Å². The van der Waals surface area contributed by atoms with E-state index in [1.807, 2.05) is 18.2 Å². The van der Waals surface area contributed by atoms with Gasteiger partial charge < -0.3 is 26.2 Å². The molecule has 0 saturated carbocycles. The number of hydrogen-bond donors (Lipinski definition) is 2. The Labute approximate surface area is 185 Å². The van der Waals surface area contributed by atoms with Crippen LogP contribution in [0.4, 0.5) is 17.1 Å². The highest BCUT2D eigenvalue weighted by Crippen LogP contribution is 2.38. The Morgan fingerprint density at radius 2 is 1.71 bits per heavy atom. The molecule has 0 aliphatic carbocycles. The van der Waals surface area contributed by atoms with E-state index in [0.29, 0.717) is 17.0 Å². The molecule has 4 rings (SSSR count). The molecule has 0 bridgehead atoms. The van der Waals surface area contributed by atoms with Crippen molar-refractivity contribution in [1.29, 1.82) is 0 Å². The maximum atomic E-state index is 11.9. The van der Waals surface area contributed by atoms with E-state index >= 15 is 0 Å². The van der Waals surface area contributed by atoms with Crippen LogP contribution in [0.5, 0.6) is 0 Å². The number of carbonyl (C=O) groups excluding carboxylic acids is 2. The van der Waals surface area contributed by atoms with E-state index < -0.39 is 5.91 Å². The minimum absolute atomic E-state index is 0.0947. The molecule has 3 aromatic rings. The fourth-order valence-corrected chi connectivity index (χ4v) is 4.77. The van der Waals surface area contributed by atoms with Crippen molar-refractivity contribution >= 4 is 50.4 Å². The smallest absolute Gasteiger partial charge is 0.260 e. The largest absolute Gasteiger partial charge is 0.397 e. The van der Waals surface area contributed by atoms with Crippen LogP contribution in [0.1, 0.15) is 15.2 Å². The average Bonchev–Trinajstić information content (AvgIpc) is 3.11.